The zero-order valence-electron chi connectivity index (χ0n) is 17.0. The quantitative estimate of drug-likeness (QED) is 0.654. The molecule has 1 N–H and O–H groups in total. The Morgan fingerprint density at radius 2 is 1.61 bits per heavy atom. The highest BCUT2D eigenvalue weighted by Crippen LogP contribution is 2.22. The van der Waals surface area contributed by atoms with Gasteiger partial charge in [0.05, 0.1) is 0 Å². The predicted octanol–water partition coefficient (Wildman–Crippen LogP) is 4.69. The molecular weight excluding hydrogens is 362 g/mol. The van der Waals surface area contributed by atoms with Crippen molar-refractivity contribution in [2.75, 3.05) is 26.2 Å². The van der Waals surface area contributed by atoms with Crippen LogP contribution >= 0.6 is 12.2 Å². The van der Waals surface area contributed by atoms with Crippen LogP contribution in [0.1, 0.15) is 37.3 Å². The fourth-order valence-corrected chi connectivity index (χ4v) is 4.19. The van der Waals surface area contributed by atoms with E-state index in [9.17, 15) is 0 Å². The maximum absolute atomic E-state index is 5.64. The van der Waals surface area contributed by atoms with Gasteiger partial charge in [-0.2, -0.15) is 0 Å². The van der Waals surface area contributed by atoms with E-state index in [1.807, 2.05) is 6.07 Å². The SMILES string of the molecule is CCN(CCC1CCN(Cc2ccccc2)CC1)C(=S)NCc1ccccc1. The summed E-state index contributed by atoms with van der Waals surface area (Å²) in [5, 5.41) is 4.30. The number of piperidine rings is 1. The molecule has 1 saturated heterocycles. The van der Waals surface area contributed by atoms with Gasteiger partial charge in [-0.15, -0.1) is 0 Å². The summed E-state index contributed by atoms with van der Waals surface area (Å²) in [7, 11) is 0. The number of benzene rings is 2. The molecule has 1 fully saturated rings. The lowest BCUT2D eigenvalue weighted by atomic mass is 9.93. The van der Waals surface area contributed by atoms with Crippen LogP contribution in [0.25, 0.3) is 0 Å². The van der Waals surface area contributed by atoms with Gasteiger partial charge in [0.25, 0.3) is 0 Å². The fraction of sp³-hybridized carbons (Fsp3) is 0.458. The van der Waals surface area contributed by atoms with E-state index in [0.717, 1.165) is 37.2 Å². The van der Waals surface area contributed by atoms with Crippen LogP contribution in [0.4, 0.5) is 0 Å². The lowest BCUT2D eigenvalue weighted by molar-refractivity contribution is 0.167. The molecule has 28 heavy (non-hydrogen) atoms. The van der Waals surface area contributed by atoms with Crippen LogP contribution in [-0.4, -0.2) is 41.1 Å². The zero-order chi connectivity index (χ0) is 19.6. The second-order valence-electron chi connectivity index (χ2n) is 7.72. The zero-order valence-corrected chi connectivity index (χ0v) is 17.8. The molecule has 4 heteroatoms. The van der Waals surface area contributed by atoms with Crippen molar-refractivity contribution in [3.05, 3.63) is 71.8 Å². The van der Waals surface area contributed by atoms with E-state index in [1.165, 1.54) is 43.5 Å². The average molecular weight is 396 g/mol. The number of likely N-dealkylation sites (tertiary alicyclic amines) is 1. The van der Waals surface area contributed by atoms with E-state index in [-0.39, 0.29) is 0 Å². The Morgan fingerprint density at radius 3 is 2.21 bits per heavy atom. The van der Waals surface area contributed by atoms with E-state index in [4.69, 9.17) is 12.2 Å². The normalized spacial score (nSPS) is 15.3. The number of rotatable bonds is 8. The highest BCUT2D eigenvalue weighted by molar-refractivity contribution is 7.80. The summed E-state index contributed by atoms with van der Waals surface area (Å²) in [5.74, 6) is 0.818. The minimum absolute atomic E-state index is 0.800. The van der Waals surface area contributed by atoms with Crippen molar-refractivity contribution < 1.29 is 0 Å². The molecule has 2 aromatic rings. The van der Waals surface area contributed by atoms with Crippen LogP contribution in [0.2, 0.25) is 0 Å². The Bertz CT molecular complexity index is 696. The van der Waals surface area contributed by atoms with Gasteiger partial charge in [-0.05, 0) is 68.5 Å². The van der Waals surface area contributed by atoms with Gasteiger partial charge in [0, 0.05) is 26.2 Å². The molecule has 1 heterocycles. The molecule has 0 bridgehead atoms. The van der Waals surface area contributed by atoms with Crippen LogP contribution in [0.3, 0.4) is 0 Å². The van der Waals surface area contributed by atoms with Gasteiger partial charge < -0.3 is 10.2 Å². The predicted molar refractivity (Wildman–Crippen MR) is 122 cm³/mol. The lowest BCUT2D eigenvalue weighted by Crippen LogP contribution is -2.41. The van der Waals surface area contributed by atoms with Crippen molar-refractivity contribution >= 4 is 17.3 Å². The van der Waals surface area contributed by atoms with Gasteiger partial charge >= 0.3 is 0 Å². The third-order valence-corrected chi connectivity index (χ3v) is 6.12. The van der Waals surface area contributed by atoms with Crippen molar-refractivity contribution in [1.29, 1.82) is 0 Å². The first-order valence-corrected chi connectivity index (χ1v) is 11.0. The molecular formula is C24H33N3S. The van der Waals surface area contributed by atoms with Gasteiger partial charge in [0.1, 0.15) is 0 Å². The highest BCUT2D eigenvalue weighted by Gasteiger charge is 2.20. The van der Waals surface area contributed by atoms with Crippen molar-refractivity contribution in [3.8, 4) is 0 Å². The number of hydrogen-bond donors (Lipinski definition) is 1. The van der Waals surface area contributed by atoms with Crippen LogP contribution in [-0.2, 0) is 13.1 Å². The van der Waals surface area contributed by atoms with Crippen molar-refractivity contribution in [2.45, 2.75) is 39.3 Å². The Labute approximate surface area is 175 Å². The molecule has 0 saturated carbocycles. The van der Waals surface area contributed by atoms with Crippen LogP contribution in [0.15, 0.2) is 60.7 Å². The molecule has 0 radical (unpaired) electrons. The molecule has 0 aromatic heterocycles. The van der Waals surface area contributed by atoms with E-state index >= 15 is 0 Å². The molecule has 0 aliphatic carbocycles. The molecule has 2 aromatic carbocycles. The largest absolute Gasteiger partial charge is 0.358 e. The topological polar surface area (TPSA) is 18.5 Å². The smallest absolute Gasteiger partial charge is 0.169 e. The molecule has 0 unspecified atom stereocenters. The maximum Gasteiger partial charge on any atom is 0.169 e. The van der Waals surface area contributed by atoms with Crippen LogP contribution < -0.4 is 5.32 Å². The van der Waals surface area contributed by atoms with Gasteiger partial charge in [-0.1, -0.05) is 60.7 Å². The first kappa shape index (κ1) is 20.8. The molecule has 0 spiro atoms. The van der Waals surface area contributed by atoms with Gasteiger partial charge in [-0.3, -0.25) is 4.90 Å². The third-order valence-electron chi connectivity index (χ3n) is 5.72. The molecule has 3 nitrogen and oxygen atoms in total. The molecule has 0 amide bonds. The summed E-state index contributed by atoms with van der Waals surface area (Å²) in [6.07, 6.45) is 3.84. The number of nitrogens with one attached hydrogen (secondary N) is 1. The third kappa shape index (κ3) is 6.61. The molecule has 0 atom stereocenters. The standard InChI is InChI=1S/C24H33N3S/c1-2-27(24(28)25-19-22-9-5-3-6-10-22)18-15-21-13-16-26(17-14-21)20-23-11-7-4-8-12-23/h3-12,21H,2,13-20H2,1H3,(H,25,28). The summed E-state index contributed by atoms with van der Waals surface area (Å²) >= 11 is 5.64. The Morgan fingerprint density at radius 1 is 1.00 bits per heavy atom. The summed E-state index contributed by atoms with van der Waals surface area (Å²) < 4.78 is 0. The molecule has 1 aliphatic heterocycles. The molecule has 1 aliphatic rings. The van der Waals surface area contributed by atoms with Gasteiger partial charge in [0.2, 0.25) is 0 Å². The van der Waals surface area contributed by atoms with Crippen molar-refractivity contribution in [1.82, 2.24) is 15.1 Å². The maximum atomic E-state index is 5.64. The molecule has 3 rings (SSSR count). The minimum Gasteiger partial charge on any atom is -0.358 e. The van der Waals surface area contributed by atoms with Gasteiger partial charge in [0.15, 0.2) is 5.11 Å². The lowest BCUT2D eigenvalue weighted by Gasteiger charge is -2.33. The van der Waals surface area contributed by atoms with Crippen molar-refractivity contribution in [2.24, 2.45) is 5.92 Å². The monoisotopic (exact) mass is 395 g/mol. The summed E-state index contributed by atoms with van der Waals surface area (Å²) in [4.78, 5) is 4.91. The summed E-state index contributed by atoms with van der Waals surface area (Å²) in [6, 6.07) is 21.3. The minimum atomic E-state index is 0.800. The van der Waals surface area contributed by atoms with Crippen molar-refractivity contribution in [3.63, 3.8) is 0 Å². The first-order chi connectivity index (χ1) is 13.7. The summed E-state index contributed by atoms with van der Waals surface area (Å²) in [5.41, 5.74) is 2.69. The number of thiocarbonyl (C=S) groups is 1. The van der Waals surface area contributed by atoms with E-state index < -0.39 is 0 Å². The van der Waals surface area contributed by atoms with E-state index in [1.54, 1.807) is 0 Å². The Hall–Kier alpha value is -1.91. The number of nitrogens with zero attached hydrogens (tertiary/aromatic N) is 2. The van der Waals surface area contributed by atoms with Gasteiger partial charge in [-0.25, -0.2) is 0 Å². The van der Waals surface area contributed by atoms with E-state index in [2.05, 4.69) is 76.6 Å². The highest BCUT2D eigenvalue weighted by atomic mass is 32.1. The fourth-order valence-electron chi connectivity index (χ4n) is 3.90. The molecule has 150 valence electrons. The second-order valence-corrected chi connectivity index (χ2v) is 8.10. The second kappa shape index (κ2) is 11.2. The van der Waals surface area contributed by atoms with Crippen LogP contribution in [0.5, 0.6) is 0 Å². The Balaban J connectivity index is 1.36. The average Bonchev–Trinajstić information content (AvgIpc) is 2.75. The number of hydrogen-bond acceptors (Lipinski definition) is 2. The van der Waals surface area contributed by atoms with E-state index in [0.29, 0.717) is 0 Å². The Kier molecular flexibility index (Phi) is 8.31. The summed E-state index contributed by atoms with van der Waals surface area (Å²) in [6.45, 7) is 8.52. The van der Waals surface area contributed by atoms with Crippen LogP contribution in [0, 0.1) is 5.92 Å². The first-order valence-electron chi connectivity index (χ1n) is 10.6.